The average Bonchev–Trinajstić information content (AvgIpc) is 2.43. The van der Waals surface area contributed by atoms with Gasteiger partial charge in [0.2, 0.25) is 0 Å². The highest BCUT2D eigenvalue weighted by Gasteiger charge is 2.35. The maximum Gasteiger partial charge on any atom is 0.153 e. The van der Waals surface area contributed by atoms with Crippen LogP contribution in [0.5, 0.6) is 0 Å². The zero-order valence-electron chi connectivity index (χ0n) is 11.9. The number of benzene rings is 1. The van der Waals surface area contributed by atoms with Crippen LogP contribution in [0.25, 0.3) is 0 Å². The molecule has 1 aromatic rings. The molecule has 19 heavy (non-hydrogen) atoms. The van der Waals surface area contributed by atoms with Crippen LogP contribution in [0.2, 0.25) is 0 Å². The highest BCUT2D eigenvalue weighted by atomic mass is 32.2. The highest BCUT2D eigenvalue weighted by Crippen LogP contribution is 2.43. The number of thioether (sulfide) groups is 1. The van der Waals surface area contributed by atoms with Gasteiger partial charge in [-0.05, 0) is 24.6 Å². The zero-order chi connectivity index (χ0) is 13.4. The summed E-state index contributed by atoms with van der Waals surface area (Å²) in [6.45, 7) is 0. The summed E-state index contributed by atoms with van der Waals surface area (Å²) in [6, 6.07) is 7.23. The topological polar surface area (TPSA) is 27.1 Å². The fourth-order valence-corrected chi connectivity index (χ4v) is 4.36. The van der Waals surface area contributed by atoms with E-state index in [1.807, 2.05) is 18.8 Å². The van der Waals surface area contributed by atoms with Gasteiger partial charge in [-0.3, -0.25) is 0 Å². The van der Waals surface area contributed by atoms with E-state index in [4.69, 9.17) is 0 Å². The zero-order valence-corrected chi connectivity index (χ0v) is 12.7. The Morgan fingerprint density at radius 2 is 2.21 bits per heavy atom. The molecule has 3 nitrogen and oxygen atoms in total. The molecule has 0 saturated heterocycles. The third kappa shape index (κ3) is 2.46. The summed E-state index contributed by atoms with van der Waals surface area (Å²) >= 11 is 2.04. The van der Waals surface area contributed by atoms with Gasteiger partial charge in [-0.1, -0.05) is 0 Å². The first-order chi connectivity index (χ1) is 9.17. The first-order valence-corrected chi connectivity index (χ1v) is 7.82. The van der Waals surface area contributed by atoms with E-state index in [9.17, 15) is 0 Å². The van der Waals surface area contributed by atoms with Crippen molar-refractivity contribution in [2.45, 2.75) is 35.4 Å². The molecule has 2 atom stereocenters. The van der Waals surface area contributed by atoms with Crippen LogP contribution in [0, 0.1) is 0 Å². The molecule has 0 radical (unpaired) electrons. The van der Waals surface area contributed by atoms with Crippen molar-refractivity contribution in [2.24, 2.45) is 0 Å². The van der Waals surface area contributed by atoms with Crippen LogP contribution in [-0.4, -0.2) is 42.7 Å². The Bertz CT molecular complexity index is 520. The Morgan fingerprint density at radius 1 is 1.37 bits per heavy atom. The predicted molar refractivity (Wildman–Crippen MR) is 84.0 cm³/mol. The van der Waals surface area contributed by atoms with E-state index in [0.29, 0.717) is 11.3 Å². The molecule has 102 valence electrons. The molecule has 2 N–H and O–H groups in total. The van der Waals surface area contributed by atoms with E-state index in [2.05, 4.69) is 47.5 Å². The van der Waals surface area contributed by atoms with Crippen LogP contribution in [0.15, 0.2) is 23.1 Å². The average molecular weight is 276 g/mol. The molecular formula is C15H22N3S+. The summed E-state index contributed by atoms with van der Waals surface area (Å²) in [7, 11) is 6.32. The molecule has 0 bridgehead atoms. The number of fused-ring (bicyclic) bond motifs is 2. The van der Waals surface area contributed by atoms with Gasteiger partial charge in [0.15, 0.2) is 5.71 Å². The molecule has 1 aromatic carbocycles. The van der Waals surface area contributed by atoms with E-state index in [-0.39, 0.29) is 0 Å². The third-order valence-electron chi connectivity index (χ3n) is 4.15. The van der Waals surface area contributed by atoms with Crippen molar-refractivity contribution in [1.29, 1.82) is 0 Å². The molecule has 1 heterocycles. The van der Waals surface area contributed by atoms with Gasteiger partial charge in [0.05, 0.1) is 0 Å². The largest absolute Gasteiger partial charge is 0.388 e. The second-order valence-electron chi connectivity index (χ2n) is 5.57. The fraction of sp³-hybridized carbons (Fsp3) is 0.533. The van der Waals surface area contributed by atoms with Crippen LogP contribution in [0.3, 0.4) is 0 Å². The lowest BCUT2D eigenvalue weighted by Crippen LogP contribution is -2.41. The lowest BCUT2D eigenvalue weighted by Gasteiger charge is -2.37. The molecule has 3 rings (SSSR count). The summed E-state index contributed by atoms with van der Waals surface area (Å²) in [5, 5.41) is 7.62. The molecule has 1 fully saturated rings. The van der Waals surface area contributed by atoms with E-state index in [0.717, 1.165) is 0 Å². The van der Waals surface area contributed by atoms with Gasteiger partial charge in [0.25, 0.3) is 0 Å². The molecule has 1 saturated carbocycles. The van der Waals surface area contributed by atoms with Crippen LogP contribution >= 0.6 is 11.8 Å². The Morgan fingerprint density at radius 3 is 2.95 bits per heavy atom. The van der Waals surface area contributed by atoms with Crippen molar-refractivity contribution in [3.05, 3.63) is 18.2 Å². The number of hydrogen-bond acceptors (Lipinski definition) is 3. The second-order valence-corrected chi connectivity index (χ2v) is 6.85. The summed E-state index contributed by atoms with van der Waals surface area (Å²) < 4.78 is 2.30. The minimum atomic E-state index is 0.627. The van der Waals surface area contributed by atoms with Gasteiger partial charge in [-0.2, -0.15) is 0 Å². The minimum absolute atomic E-state index is 0.627. The summed E-state index contributed by atoms with van der Waals surface area (Å²) in [4.78, 5) is 1.38. The van der Waals surface area contributed by atoms with Crippen molar-refractivity contribution in [2.75, 3.05) is 31.8 Å². The summed E-state index contributed by atoms with van der Waals surface area (Å²) in [5.74, 6) is 0. The Hall–Kier alpha value is -1.16. The Labute approximate surface area is 119 Å². The smallest absolute Gasteiger partial charge is 0.153 e. The van der Waals surface area contributed by atoms with E-state index >= 15 is 0 Å². The molecular weight excluding hydrogens is 254 g/mol. The van der Waals surface area contributed by atoms with Gasteiger partial charge in [0.1, 0.15) is 14.1 Å². The van der Waals surface area contributed by atoms with Crippen LogP contribution in [-0.2, 0) is 0 Å². The van der Waals surface area contributed by atoms with Gasteiger partial charge in [-0.25, -0.2) is 4.58 Å². The molecule has 0 spiro atoms. The van der Waals surface area contributed by atoms with Crippen LogP contribution in [0.4, 0.5) is 11.4 Å². The van der Waals surface area contributed by atoms with Crippen molar-refractivity contribution < 1.29 is 4.58 Å². The molecule has 2 aliphatic rings. The number of nitrogens with zero attached hydrogens (tertiary/aromatic N) is 1. The summed E-state index contributed by atoms with van der Waals surface area (Å²) in [5.41, 5.74) is 4.08. The Kier molecular flexibility index (Phi) is 3.44. The minimum Gasteiger partial charge on any atom is -0.388 e. The lowest BCUT2D eigenvalue weighted by molar-refractivity contribution is -0.467. The van der Waals surface area contributed by atoms with E-state index < -0.39 is 0 Å². The molecule has 4 heteroatoms. The number of anilines is 2. The van der Waals surface area contributed by atoms with Crippen molar-refractivity contribution in [3.8, 4) is 0 Å². The third-order valence-corrected chi connectivity index (χ3v) is 5.54. The lowest BCUT2D eigenvalue weighted by atomic mass is 9.92. The van der Waals surface area contributed by atoms with Crippen LogP contribution < -0.4 is 10.6 Å². The quantitative estimate of drug-likeness (QED) is 0.772. The molecule has 1 aliphatic heterocycles. The second kappa shape index (κ2) is 5.08. The Balaban J connectivity index is 1.86. The van der Waals surface area contributed by atoms with Crippen molar-refractivity contribution >= 4 is 28.8 Å². The summed E-state index contributed by atoms with van der Waals surface area (Å²) in [6.07, 6.45) is 3.68. The SMILES string of the molecule is CNc1ccc2c(c1)S[C@H]1CC(=[N+](C)C)CC[C@@H]1N2. The maximum absolute atomic E-state index is 3.73. The van der Waals surface area contributed by atoms with Crippen molar-refractivity contribution in [3.63, 3.8) is 0 Å². The highest BCUT2D eigenvalue weighted by molar-refractivity contribution is 8.00. The molecule has 0 amide bonds. The molecule has 0 unspecified atom stereocenters. The van der Waals surface area contributed by atoms with E-state index in [1.165, 1.54) is 35.5 Å². The van der Waals surface area contributed by atoms with Gasteiger partial charge < -0.3 is 10.6 Å². The molecule has 1 aliphatic carbocycles. The normalized spacial score (nSPS) is 25.1. The van der Waals surface area contributed by atoms with Gasteiger partial charge >= 0.3 is 0 Å². The molecule has 0 aromatic heterocycles. The number of rotatable bonds is 1. The van der Waals surface area contributed by atoms with Gasteiger partial charge in [0, 0.05) is 47.5 Å². The standard InChI is InChI=1S/C15H22N3S/c1-16-10-4-6-12-14(8-10)19-15-9-11(18(2)3)5-7-13(15)17-12/h4,6,8,13,15-17H,5,7,9H2,1-3H3/q+1/t13-,15-/m0/s1. The number of hydrogen-bond donors (Lipinski definition) is 2. The van der Waals surface area contributed by atoms with Crippen LogP contribution in [0.1, 0.15) is 19.3 Å². The number of nitrogens with one attached hydrogen (secondary N) is 2. The fourth-order valence-electron chi connectivity index (χ4n) is 2.94. The predicted octanol–water partition coefficient (Wildman–Crippen LogP) is 2.88. The monoisotopic (exact) mass is 276 g/mol. The van der Waals surface area contributed by atoms with Gasteiger partial charge in [-0.15, -0.1) is 11.8 Å². The first-order valence-electron chi connectivity index (χ1n) is 6.94. The maximum atomic E-state index is 3.73. The van der Waals surface area contributed by atoms with Crippen molar-refractivity contribution in [1.82, 2.24) is 0 Å². The van der Waals surface area contributed by atoms with E-state index in [1.54, 1.807) is 5.71 Å². The first kappa shape index (κ1) is 12.9.